The number of hydrogen-bond acceptors (Lipinski definition) is 1. The third-order valence-electron chi connectivity index (χ3n) is 0.691. The summed E-state index contributed by atoms with van der Waals surface area (Å²) in [4.78, 5) is 0. The third kappa shape index (κ3) is 0.954. The Morgan fingerprint density at radius 3 is 3.00 bits per heavy atom. The fourth-order valence-electron chi connectivity index (χ4n) is 0.417. The molecule has 1 aliphatic heterocycles. The van der Waals surface area contributed by atoms with Gasteiger partial charge in [0, 0.05) is 0 Å². The van der Waals surface area contributed by atoms with Crippen LogP contribution < -0.4 is 3.30 Å². The number of rotatable bonds is 0. The van der Waals surface area contributed by atoms with Gasteiger partial charge in [-0.25, -0.2) is 0 Å². The zero-order chi connectivity index (χ0) is 3.54. The summed E-state index contributed by atoms with van der Waals surface area (Å²) >= 11 is -0.184. The molecule has 1 heterocycles. The first-order valence-electron chi connectivity index (χ1n) is 1.88. The first-order chi connectivity index (χ1) is 2.50. The standard InChI is InChI=1S/C3H6N.In/c1-2-3-4;/h1,4H,2-3H2;/q-1;+1. The molecule has 2 heteroatoms. The Balaban J connectivity index is 2.32. The van der Waals surface area contributed by atoms with Crippen molar-refractivity contribution < 1.29 is 0 Å². The van der Waals surface area contributed by atoms with E-state index in [1.807, 2.05) is 0 Å². The molecule has 0 radical (unpaired) electrons. The summed E-state index contributed by atoms with van der Waals surface area (Å²) in [7, 11) is 0. The molecule has 1 nitrogen and oxygen atoms in total. The van der Waals surface area contributed by atoms with E-state index < -0.39 is 0 Å². The van der Waals surface area contributed by atoms with Crippen LogP contribution in [0.3, 0.4) is 0 Å². The molecular formula is C3H6InN. The average Bonchev–Trinajstić information content (AvgIpc) is 1.76. The fraction of sp³-hybridized carbons (Fsp3) is 0.667. The van der Waals surface area contributed by atoms with Gasteiger partial charge in [-0.1, -0.05) is 0 Å². The van der Waals surface area contributed by atoms with Gasteiger partial charge in [0.05, 0.1) is 0 Å². The first-order valence-corrected chi connectivity index (χ1v) is 5.43. The van der Waals surface area contributed by atoms with E-state index in [2.05, 4.69) is 7.06 Å². The van der Waals surface area contributed by atoms with E-state index in [0.29, 0.717) is 0 Å². The van der Waals surface area contributed by atoms with E-state index in [9.17, 15) is 0 Å². The molecule has 26 valence electrons. The Hall–Kier alpha value is 0.540. The van der Waals surface area contributed by atoms with E-state index in [0.717, 1.165) is 0 Å². The van der Waals surface area contributed by atoms with E-state index >= 15 is 0 Å². The minimum atomic E-state index is -0.184. The molecule has 0 saturated carbocycles. The molecule has 1 rings (SSSR count). The summed E-state index contributed by atoms with van der Waals surface area (Å²) in [6.45, 7) is 1.28. The Labute approximate surface area is 43.0 Å². The second-order valence-corrected chi connectivity index (χ2v) is 4.61. The van der Waals surface area contributed by atoms with Gasteiger partial charge in [0.2, 0.25) is 0 Å². The molecule has 1 N–H and O–H groups in total. The topological polar surface area (TPSA) is 12.0 Å². The zero-order valence-electron chi connectivity index (χ0n) is 3.07. The van der Waals surface area contributed by atoms with Crippen molar-refractivity contribution in [1.82, 2.24) is 3.30 Å². The van der Waals surface area contributed by atoms with Crippen LogP contribution in [0.1, 0.15) is 6.42 Å². The van der Waals surface area contributed by atoms with Gasteiger partial charge in [0.25, 0.3) is 0 Å². The number of nitrogens with one attached hydrogen (secondary N) is 1. The molecule has 0 unspecified atom stereocenters. The zero-order valence-corrected chi connectivity index (χ0v) is 6.36. The van der Waals surface area contributed by atoms with Crippen LogP contribution in [0.25, 0.3) is 0 Å². The average molecular weight is 171 g/mol. The maximum atomic E-state index is 3.36. The molecule has 0 aromatic rings. The van der Waals surface area contributed by atoms with Crippen LogP contribution in [0.2, 0.25) is 0 Å². The van der Waals surface area contributed by atoms with Crippen molar-refractivity contribution in [2.75, 3.05) is 6.54 Å². The predicted octanol–water partition coefficient (Wildman–Crippen LogP) is -0.599. The molecule has 0 aliphatic carbocycles. The van der Waals surface area contributed by atoms with Crippen molar-refractivity contribution >= 4 is 26.5 Å². The normalized spacial score (nSPS) is 17.6. The van der Waals surface area contributed by atoms with Crippen LogP contribution in [0.4, 0.5) is 0 Å². The summed E-state index contributed by atoms with van der Waals surface area (Å²) in [6, 6.07) is 0. The SMILES string of the molecule is [CH]1=[In][NH]CC1. The van der Waals surface area contributed by atoms with Crippen molar-refractivity contribution in [3.05, 3.63) is 0 Å². The van der Waals surface area contributed by atoms with Gasteiger partial charge in [-0.2, -0.15) is 0 Å². The Morgan fingerprint density at radius 1 is 1.80 bits per heavy atom. The van der Waals surface area contributed by atoms with Crippen LogP contribution in [0, 0.1) is 0 Å². The van der Waals surface area contributed by atoms with Crippen LogP contribution >= 0.6 is 0 Å². The summed E-state index contributed by atoms with van der Waals surface area (Å²) in [5.41, 5.74) is 0. The molecule has 0 spiro atoms. The van der Waals surface area contributed by atoms with E-state index in [1.54, 1.807) is 0 Å². The molecule has 0 atom stereocenters. The summed E-state index contributed by atoms with van der Waals surface area (Å²) < 4.78 is 5.80. The molecule has 0 amide bonds. The molecule has 5 heavy (non-hydrogen) atoms. The predicted molar refractivity (Wildman–Crippen MR) is 24.4 cm³/mol. The minimum absolute atomic E-state index is 0.184. The van der Waals surface area contributed by atoms with Gasteiger partial charge in [-0.3, -0.25) is 0 Å². The molecule has 0 aromatic carbocycles. The molecule has 0 bridgehead atoms. The van der Waals surface area contributed by atoms with Gasteiger partial charge in [-0.15, -0.1) is 0 Å². The van der Waals surface area contributed by atoms with E-state index in [-0.39, 0.29) is 22.7 Å². The molecule has 0 fully saturated rings. The first kappa shape index (κ1) is 3.72. The third-order valence-corrected chi connectivity index (χ3v) is 3.81. The van der Waals surface area contributed by atoms with Gasteiger partial charge in [-0.05, 0) is 0 Å². The van der Waals surface area contributed by atoms with Crippen molar-refractivity contribution in [2.45, 2.75) is 6.42 Å². The van der Waals surface area contributed by atoms with E-state index in [4.69, 9.17) is 0 Å². The van der Waals surface area contributed by atoms with E-state index in [1.165, 1.54) is 13.0 Å². The van der Waals surface area contributed by atoms with Crippen LogP contribution in [0.5, 0.6) is 0 Å². The molecule has 1 aliphatic rings. The van der Waals surface area contributed by atoms with Crippen LogP contribution in [0.15, 0.2) is 0 Å². The van der Waals surface area contributed by atoms with Gasteiger partial charge in [0.15, 0.2) is 0 Å². The van der Waals surface area contributed by atoms with Crippen molar-refractivity contribution in [3.63, 3.8) is 0 Å². The molecular weight excluding hydrogens is 165 g/mol. The Bertz CT molecular complexity index is 44.9. The quantitative estimate of drug-likeness (QED) is 0.513. The summed E-state index contributed by atoms with van der Waals surface area (Å²) in [6.07, 6.45) is 1.35. The second kappa shape index (κ2) is 1.85. The van der Waals surface area contributed by atoms with Gasteiger partial charge in [0.1, 0.15) is 0 Å². The monoisotopic (exact) mass is 171 g/mol. The number of hydrogen-bond donors (Lipinski definition) is 1. The van der Waals surface area contributed by atoms with Crippen molar-refractivity contribution in [3.8, 4) is 0 Å². The van der Waals surface area contributed by atoms with Gasteiger partial charge >= 0.3 is 42.7 Å². The summed E-state index contributed by atoms with van der Waals surface area (Å²) in [5.74, 6) is 0. The molecule has 0 saturated heterocycles. The summed E-state index contributed by atoms with van der Waals surface area (Å²) in [5, 5.41) is 0. The van der Waals surface area contributed by atoms with Crippen LogP contribution in [-0.2, 0) is 0 Å². The molecule has 0 aromatic heterocycles. The Kier molecular flexibility index (Phi) is 1.38. The maximum absolute atomic E-state index is 3.36. The van der Waals surface area contributed by atoms with Crippen molar-refractivity contribution in [2.24, 2.45) is 0 Å². The fourth-order valence-corrected chi connectivity index (χ4v) is 2.80. The van der Waals surface area contributed by atoms with Crippen LogP contribution in [-0.4, -0.2) is 33.0 Å². The van der Waals surface area contributed by atoms with Crippen molar-refractivity contribution in [1.29, 1.82) is 0 Å². The second-order valence-electron chi connectivity index (χ2n) is 1.15. The Morgan fingerprint density at radius 2 is 2.80 bits per heavy atom. The van der Waals surface area contributed by atoms with Gasteiger partial charge < -0.3 is 0 Å².